The van der Waals surface area contributed by atoms with Gasteiger partial charge in [0.05, 0.1) is 21.0 Å². The molecule has 1 unspecified atom stereocenters. The van der Waals surface area contributed by atoms with Crippen LogP contribution in [0.1, 0.15) is 6.92 Å². The Balaban J connectivity index is 1.69. The maximum Gasteiger partial charge on any atom is 0.258 e. The van der Waals surface area contributed by atoms with Gasteiger partial charge in [-0.3, -0.25) is 9.82 Å². The van der Waals surface area contributed by atoms with Crippen molar-refractivity contribution in [3.63, 3.8) is 0 Å². The lowest BCUT2D eigenvalue weighted by Gasteiger charge is -2.18. The van der Waals surface area contributed by atoms with Crippen molar-refractivity contribution >= 4 is 47.5 Å². The van der Waals surface area contributed by atoms with E-state index in [9.17, 15) is 16.8 Å². The summed E-state index contributed by atoms with van der Waals surface area (Å²) < 4.78 is 51.4. The molecule has 1 aliphatic carbocycles. The van der Waals surface area contributed by atoms with Gasteiger partial charge in [0.25, 0.3) is 10.0 Å². The number of nitrogens with zero attached hydrogens (tertiary/aromatic N) is 2. The first-order valence-corrected chi connectivity index (χ1v) is 12.4. The molecule has 0 amide bonds. The molecular weight excluding hydrogens is 448 g/mol. The monoisotopic (exact) mass is 470 g/mol. The van der Waals surface area contributed by atoms with Crippen LogP contribution in [0.2, 0.25) is 0 Å². The van der Waals surface area contributed by atoms with Crippen molar-refractivity contribution in [2.45, 2.75) is 6.92 Å². The number of fused-ring (bicyclic) bond motifs is 1. The van der Waals surface area contributed by atoms with E-state index in [2.05, 4.69) is 14.9 Å². The minimum Gasteiger partial charge on any atom is -0.378 e. The van der Waals surface area contributed by atoms with E-state index in [1.165, 1.54) is 18.2 Å². The number of hydrogen-bond donors (Lipinski definition) is 2. The molecule has 0 fully saturated rings. The van der Waals surface area contributed by atoms with Gasteiger partial charge in [-0.2, -0.15) is 13.5 Å². The molecule has 0 saturated carbocycles. The van der Waals surface area contributed by atoms with Crippen molar-refractivity contribution in [1.29, 1.82) is 0 Å². The van der Waals surface area contributed by atoms with Gasteiger partial charge in [0.15, 0.2) is 0 Å². The number of sulfonamides is 1. The summed E-state index contributed by atoms with van der Waals surface area (Å²) in [6.45, 7) is 1.55. The van der Waals surface area contributed by atoms with Crippen LogP contribution >= 0.6 is 0 Å². The first kappa shape index (κ1) is 21.8. The zero-order valence-corrected chi connectivity index (χ0v) is 19.3. The van der Waals surface area contributed by atoms with E-state index < -0.39 is 26.2 Å². The van der Waals surface area contributed by atoms with Gasteiger partial charge in [0.1, 0.15) is 0 Å². The summed E-state index contributed by atoms with van der Waals surface area (Å²) in [5.74, 6) is -0.778. The topological polar surface area (TPSA) is 112 Å². The van der Waals surface area contributed by atoms with Crippen molar-refractivity contribution in [3.05, 3.63) is 65.6 Å². The Kier molecular flexibility index (Phi) is 5.66. The molecule has 3 aromatic rings. The lowest BCUT2D eigenvalue weighted by atomic mass is 10.0. The highest BCUT2D eigenvalue weighted by molar-refractivity contribution is 7.96. The van der Waals surface area contributed by atoms with Crippen LogP contribution in [0.3, 0.4) is 0 Å². The van der Waals surface area contributed by atoms with Gasteiger partial charge in [-0.25, -0.2) is 8.42 Å². The zero-order chi connectivity index (χ0) is 23.0. The normalized spacial score (nSPS) is 16.2. The largest absolute Gasteiger partial charge is 0.378 e. The number of allylic oxidation sites excluding steroid dienone is 4. The maximum absolute atomic E-state index is 13.0. The van der Waals surface area contributed by atoms with E-state index in [1.807, 2.05) is 43.3 Å². The Morgan fingerprint density at radius 2 is 1.81 bits per heavy atom. The molecule has 0 saturated heterocycles. The summed E-state index contributed by atoms with van der Waals surface area (Å²) in [4.78, 5) is 2.02. The van der Waals surface area contributed by atoms with Crippen LogP contribution in [0.25, 0.3) is 22.2 Å². The van der Waals surface area contributed by atoms with Crippen molar-refractivity contribution in [3.8, 4) is 11.3 Å². The van der Waals surface area contributed by atoms with Crippen LogP contribution < -0.4 is 9.62 Å². The third-order valence-electron chi connectivity index (χ3n) is 5.35. The molecule has 32 heavy (non-hydrogen) atoms. The van der Waals surface area contributed by atoms with Gasteiger partial charge < -0.3 is 4.90 Å². The van der Waals surface area contributed by atoms with Gasteiger partial charge in [-0.15, -0.1) is 0 Å². The number of nitrogens with one attached hydrogen (secondary N) is 2. The SMILES string of the molecule is CC1C(S(=O)(=O)Nc2ccc3[nH]nc(-c4ccc(N(C)C)cc4)c3c2)=CC=CC1=S(=O)=O. The van der Waals surface area contributed by atoms with Crippen LogP contribution in [0.4, 0.5) is 11.4 Å². The number of benzene rings is 2. The van der Waals surface area contributed by atoms with Crippen LogP contribution in [-0.2, 0) is 20.3 Å². The number of anilines is 2. The molecule has 1 heterocycles. The first-order chi connectivity index (χ1) is 15.2. The Labute approximate surface area is 187 Å². The first-order valence-electron chi connectivity index (χ1n) is 9.80. The Morgan fingerprint density at radius 3 is 2.47 bits per heavy atom. The second-order valence-corrected chi connectivity index (χ2v) is 10.3. The Hall–Kier alpha value is -3.37. The average Bonchev–Trinajstić information content (AvgIpc) is 3.16. The summed E-state index contributed by atoms with van der Waals surface area (Å²) in [6.07, 6.45) is 4.24. The van der Waals surface area contributed by atoms with Gasteiger partial charge >= 0.3 is 0 Å². The average molecular weight is 471 g/mol. The van der Waals surface area contributed by atoms with E-state index in [4.69, 9.17) is 0 Å². The minimum absolute atomic E-state index is 0.00834. The van der Waals surface area contributed by atoms with Gasteiger partial charge in [0, 0.05) is 42.3 Å². The highest BCUT2D eigenvalue weighted by Crippen LogP contribution is 2.31. The molecular formula is C22H22N4O4S2. The van der Waals surface area contributed by atoms with Crippen LogP contribution in [0.15, 0.2) is 65.6 Å². The standard InChI is InChI=1S/C22H22N4O4S2/c1-14-20(31(27)28)5-4-6-21(14)32(29,30)25-16-9-12-19-18(13-16)22(24-23-19)15-7-10-17(11-8-15)26(2)3/h4-14,25H,1-3H3,(H,23,24). The smallest absolute Gasteiger partial charge is 0.258 e. The molecule has 2 aromatic carbocycles. The molecule has 2 N–H and O–H groups in total. The lowest BCUT2D eigenvalue weighted by molar-refractivity contribution is 0.603. The van der Waals surface area contributed by atoms with Crippen molar-refractivity contribution < 1.29 is 16.8 Å². The molecule has 166 valence electrons. The molecule has 1 aliphatic rings. The second kappa shape index (κ2) is 8.29. The predicted octanol–water partition coefficient (Wildman–Crippen LogP) is 3.18. The summed E-state index contributed by atoms with van der Waals surface area (Å²) in [7, 11) is -2.53. The van der Waals surface area contributed by atoms with Gasteiger partial charge in [-0.1, -0.05) is 25.1 Å². The van der Waals surface area contributed by atoms with E-state index in [0.29, 0.717) is 11.4 Å². The summed E-state index contributed by atoms with van der Waals surface area (Å²) in [5, 5.41) is 8.14. The van der Waals surface area contributed by atoms with Crippen molar-refractivity contribution in [2.24, 2.45) is 5.92 Å². The molecule has 0 spiro atoms. The molecule has 8 nitrogen and oxygen atoms in total. The number of aromatic nitrogens is 2. The van der Waals surface area contributed by atoms with Crippen molar-refractivity contribution in [1.82, 2.24) is 10.2 Å². The third-order valence-corrected chi connectivity index (χ3v) is 7.84. The minimum atomic E-state index is -3.97. The number of rotatable bonds is 5. The highest BCUT2D eigenvalue weighted by atomic mass is 32.2. The highest BCUT2D eigenvalue weighted by Gasteiger charge is 2.28. The fraction of sp³-hybridized carbons (Fsp3) is 0.182. The van der Waals surface area contributed by atoms with E-state index in [-0.39, 0.29) is 9.77 Å². The zero-order valence-electron chi connectivity index (χ0n) is 17.7. The van der Waals surface area contributed by atoms with E-state index in [1.54, 1.807) is 25.1 Å². The third kappa shape index (κ3) is 4.06. The fourth-order valence-electron chi connectivity index (χ4n) is 3.62. The Bertz CT molecular complexity index is 1490. The number of hydrogen-bond acceptors (Lipinski definition) is 6. The Morgan fingerprint density at radius 1 is 1.09 bits per heavy atom. The molecule has 0 bridgehead atoms. The maximum atomic E-state index is 13.0. The second-order valence-electron chi connectivity index (χ2n) is 7.67. The van der Waals surface area contributed by atoms with E-state index >= 15 is 0 Å². The molecule has 4 rings (SSSR count). The quantitative estimate of drug-likeness (QED) is 0.554. The van der Waals surface area contributed by atoms with Gasteiger partial charge in [0.2, 0.25) is 10.3 Å². The molecule has 0 aliphatic heterocycles. The molecule has 1 aromatic heterocycles. The van der Waals surface area contributed by atoms with Crippen LogP contribution in [-0.4, -0.2) is 46.0 Å². The summed E-state index contributed by atoms with van der Waals surface area (Å²) in [6, 6.07) is 13.0. The predicted molar refractivity (Wildman–Crippen MR) is 129 cm³/mol. The van der Waals surface area contributed by atoms with E-state index in [0.717, 1.165) is 22.2 Å². The van der Waals surface area contributed by atoms with Crippen molar-refractivity contribution in [2.75, 3.05) is 23.7 Å². The molecule has 0 radical (unpaired) electrons. The molecule has 10 heteroatoms. The van der Waals surface area contributed by atoms with Crippen LogP contribution in [0.5, 0.6) is 0 Å². The number of H-pyrrole nitrogens is 1. The number of aromatic amines is 1. The van der Waals surface area contributed by atoms with Crippen LogP contribution in [0, 0.1) is 5.92 Å². The summed E-state index contributed by atoms with van der Waals surface area (Å²) in [5.41, 5.74) is 3.79. The van der Waals surface area contributed by atoms with Gasteiger partial charge in [-0.05, 0) is 42.5 Å². The summed E-state index contributed by atoms with van der Waals surface area (Å²) >= 11 is 0. The fourth-order valence-corrected chi connectivity index (χ4v) is 5.70. The lowest BCUT2D eigenvalue weighted by Crippen LogP contribution is -2.25. The molecule has 1 atom stereocenters.